The summed E-state index contributed by atoms with van der Waals surface area (Å²) in [5.74, 6) is -18.0. The Morgan fingerprint density at radius 3 is 0.873 bits per heavy atom. The SMILES string of the molecule is C/C(=C/C(=O)/C(CC(=O)O)=C(\C)CCC(=O)O)CCC(=O)O.C/C(CCC(=O)O)=C(C(=O)CCC(=O)O)\C(C)=C\CC(=O)O.C/C(CCC(=O)O)=C(CC(=O)O)/C(C)=C/C(=O)CCC(=O)O.C/C(CCC(=O)O)=C(\CC(=O)O)C(=O)/C=C(\C)CCC(=O)O.CC(=C\CC(=O)O)/C=C(\CCC(=O)O)CC(=O)CCC(=O)O. The van der Waals surface area contributed by atoms with Crippen molar-refractivity contribution in [3.05, 3.63) is 114 Å². The number of carboxylic acid groups (broad SMARTS) is 15. The number of carboxylic acids is 15. The van der Waals surface area contributed by atoms with Crippen LogP contribution in [0.5, 0.6) is 0 Å². The fraction of sp³-hybridized carbons (Fsp3) is 0.467. The molecule has 0 radical (unpaired) electrons. The first-order chi connectivity index (χ1) is 50.7. The van der Waals surface area contributed by atoms with E-state index in [9.17, 15) is 95.9 Å². The first kappa shape index (κ1) is 106. The number of carbonyl (C=O) groups is 20. The number of carbonyl (C=O) groups excluding carboxylic acids is 5. The molecule has 0 aliphatic carbocycles. The second kappa shape index (κ2) is 59.9. The Balaban J connectivity index is -0.000000418. The van der Waals surface area contributed by atoms with E-state index in [1.807, 2.05) is 0 Å². The molecule has 0 rings (SSSR count). The van der Waals surface area contributed by atoms with E-state index in [0.29, 0.717) is 61.3 Å². The highest BCUT2D eigenvalue weighted by molar-refractivity contribution is 6.08. The molecule has 0 spiro atoms. The van der Waals surface area contributed by atoms with Crippen LogP contribution >= 0.6 is 0 Å². The molecule has 15 N–H and O–H groups in total. The van der Waals surface area contributed by atoms with Gasteiger partial charge < -0.3 is 76.6 Å². The summed E-state index contributed by atoms with van der Waals surface area (Å²) in [5, 5.41) is 130. The number of ketones is 5. The van der Waals surface area contributed by atoms with Crippen LogP contribution in [0.2, 0.25) is 0 Å². The zero-order valence-corrected chi connectivity index (χ0v) is 62.7. The molecule has 0 aromatic carbocycles. The predicted molar refractivity (Wildman–Crippen MR) is 387 cm³/mol. The summed E-state index contributed by atoms with van der Waals surface area (Å²) in [6.07, 6.45) is 4.89. The minimum absolute atomic E-state index is 0.0290. The molecule has 0 unspecified atom stereocenters. The number of aliphatic carboxylic acids is 15. The van der Waals surface area contributed by atoms with Crippen molar-refractivity contribution in [3.63, 3.8) is 0 Å². The third kappa shape index (κ3) is 64.2. The fourth-order valence-corrected chi connectivity index (χ4v) is 8.92. The molecule has 110 heavy (non-hydrogen) atoms. The van der Waals surface area contributed by atoms with Gasteiger partial charge in [0.15, 0.2) is 23.1 Å². The Bertz CT molecular complexity index is 3610. The maximum Gasteiger partial charge on any atom is 0.307 e. The Morgan fingerprint density at radius 2 is 0.527 bits per heavy atom. The van der Waals surface area contributed by atoms with Crippen molar-refractivity contribution in [2.75, 3.05) is 0 Å². The normalized spacial score (nSPS) is 12.4. The Morgan fingerprint density at radius 1 is 0.236 bits per heavy atom. The van der Waals surface area contributed by atoms with Crippen molar-refractivity contribution < 1.29 is 172 Å². The van der Waals surface area contributed by atoms with Crippen molar-refractivity contribution in [1.82, 2.24) is 0 Å². The van der Waals surface area contributed by atoms with Crippen LogP contribution in [0.1, 0.15) is 229 Å². The molecular weight excluding hydrogens is 1460 g/mol. The van der Waals surface area contributed by atoms with Crippen molar-refractivity contribution in [2.24, 2.45) is 0 Å². The summed E-state index contributed by atoms with van der Waals surface area (Å²) in [6, 6.07) is 0. The van der Waals surface area contributed by atoms with Gasteiger partial charge in [0.1, 0.15) is 5.78 Å². The highest BCUT2D eigenvalue weighted by atomic mass is 16.4. The van der Waals surface area contributed by atoms with Gasteiger partial charge in [-0.05, 0) is 142 Å². The maximum atomic E-state index is 12.2. The summed E-state index contributed by atoms with van der Waals surface area (Å²) < 4.78 is 0. The highest BCUT2D eigenvalue weighted by Crippen LogP contribution is 2.25. The van der Waals surface area contributed by atoms with Gasteiger partial charge in [0, 0.05) is 87.3 Å². The quantitative estimate of drug-likeness (QED) is 0.0199. The average molecular weight is 1560 g/mol. The molecular formula is C75H100O35. The molecule has 0 saturated carbocycles. The van der Waals surface area contributed by atoms with Crippen molar-refractivity contribution in [1.29, 1.82) is 0 Å². The Hall–Kier alpha value is -12.2. The van der Waals surface area contributed by atoms with Crippen LogP contribution in [-0.4, -0.2) is 195 Å². The standard InChI is InChI=1S/5C15H20O7/c1-9(3-6-12(17)18)15(10(2)4-7-13(19)20)11(16)5-8-14(21)22;1-9(3-5-13(17)18)12(8-15(21)22)10(2)7-11(16)4-6-14(19)20;2*1-9(3-5-13(17)18)7-12(16)11(8-15(21)22)10(2)4-6-14(19)20;1-10(2-5-13(17)18)8-11(3-6-14(19)20)9-12(16)4-7-15(21)22/h3H,4-8H2,1-2H3,(H,17,18)(H,19,20)(H,21,22);3*7H,3-6,8H2,1-2H3,(H,17,18)(H,19,20)(H,21,22);2,8H,3-7,9H2,1H3,(H,17,18)(H,19,20)(H,21,22)/b9-3+,15-10-;10-7+,12-9-;9-7+,11-10-;9-7-,11-10+;10-2+,11-8+. The number of allylic oxidation sites excluding steroid dienone is 15. The topological polar surface area (TPSA) is 645 Å². The van der Waals surface area contributed by atoms with Gasteiger partial charge >= 0.3 is 89.5 Å². The molecule has 0 atom stereocenters. The third-order valence-electron chi connectivity index (χ3n) is 14.6. The second-order valence-corrected chi connectivity index (χ2v) is 24.6. The van der Waals surface area contributed by atoms with Crippen LogP contribution in [-0.2, 0) is 95.9 Å². The molecule has 0 amide bonds. The average Bonchev–Trinajstić information content (AvgIpc) is 0.873. The number of Topliss-reactive ketones (excluding diaryl/α,β-unsaturated/α-hetero) is 2. The second-order valence-electron chi connectivity index (χ2n) is 24.6. The predicted octanol–water partition coefficient (Wildman–Crippen LogP) is 10.1. The lowest BCUT2D eigenvalue weighted by Gasteiger charge is -2.11. The van der Waals surface area contributed by atoms with Crippen LogP contribution < -0.4 is 0 Å². The molecule has 0 fully saturated rings. The van der Waals surface area contributed by atoms with Crippen molar-refractivity contribution >= 4 is 118 Å². The molecule has 0 heterocycles. The summed E-state index contributed by atoms with van der Waals surface area (Å²) >= 11 is 0. The van der Waals surface area contributed by atoms with Crippen LogP contribution in [0.4, 0.5) is 0 Å². The van der Waals surface area contributed by atoms with E-state index in [1.54, 1.807) is 54.5 Å². The van der Waals surface area contributed by atoms with E-state index in [0.717, 1.165) is 0 Å². The zero-order chi connectivity index (χ0) is 86.3. The Labute approximate surface area is 632 Å². The van der Waals surface area contributed by atoms with E-state index in [1.165, 1.54) is 44.2 Å². The lowest BCUT2D eigenvalue weighted by Crippen LogP contribution is -2.10. The van der Waals surface area contributed by atoms with Crippen molar-refractivity contribution in [2.45, 2.75) is 229 Å². The summed E-state index contributed by atoms with van der Waals surface area (Å²) in [6.45, 7) is 14.2. The van der Waals surface area contributed by atoms with Gasteiger partial charge in [-0.15, -0.1) is 0 Å². The Kier molecular flexibility index (Phi) is 57.9. The number of hydrogen-bond donors (Lipinski definition) is 15. The highest BCUT2D eigenvalue weighted by Gasteiger charge is 2.21. The molecule has 0 aliphatic heterocycles. The maximum absolute atomic E-state index is 12.2. The molecule has 35 nitrogen and oxygen atoms in total. The monoisotopic (exact) mass is 1560 g/mol. The van der Waals surface area contributed by atoms with E-state index < -0.39 is 126 Å². The van der Waals surface area contributed by atoms with Crippen LogP contribution in [0.15, 0.2) is 114 Å². The minimum Gasteiger partial charge on any atom is -0.481 e. The molecule has 35 heteroatoms. The first-order valence-corrected chi connectivity index (χ1v) is 33.5. The number of hydrogen-bond acceptors (Lipinski definition) is 20. The lowest BCUT2D eigenvalue weighted by molar-refractivity contribution is -0.139. The minimum atomic E-state index is -1.19. The van der Waals surface area contributed by atoms with Gasteiger partial charge in [-0.2, -0.15) is 0 Å². The van der Waals surface area contributed by atoms with Crippen LogP contribution in [0.3, 0.4) is 0 Å². The van der Waals surface area contributed by atoms with E-state index in [-0.39, 0.29) is 177 Å². The zero-order valence-electron chi connectivity index (χ0n) is 62.7. The van der Waals surface area contributed by atoms with Crippen molar-refractivity contribution in [3.8, 4) is 0 Å². The largest absolute Gasteiger partial charge is 0.481 e. The molecule has 0 saturated heterocycles. The first-order valence-electron chi connectivity index (χ1n) is 33.5. The van der Waals surface area contributed by atoms with E-state index in [4.69, 9.17) is 76.6 Å². The van der Waals surface area contributed by atoms with Crippen LogP contribution in [0.25, 0.3) is 0 Å². The summed E-state index contributed by atoms with van der Waals surface area (Å²) in [4.78, 5) is 219. The van der Waals surface area contributed by atoms with Gasteiger partial charge in [-0.1, -0.05) is 62.8 Å². The van der Waals surface area contributed by atoms with Gasteiger partial charge in [0.05, 0.1) is 51.4 Å². The molecule has 610 valence electrons. The lowest BCUT2D eigenvalue weighted by atomic mass is 9.92. The van der Waals surface area contributed by atoms with Gasteiger partial charge in [-0.3, -0.25) is 95.9 Å². The summed E-state index contributed by atoms with van der Waals surface area (Å²) in [5.41, 5.74) is 5.71. The van der Waals surface area contributed by atoms with E-state index >= 15 is 0 Å². The fourth-order valence-electron chi connectivity index (χ4n) is 8.92. The molecule has 0 aromatic rings. The van der Waals surface area contributed by atoms with E-state index in [2.05, 4.69) is 0 Å². The summed E-state index contributed by atoms with van der Waals surface area (Å²) in [7, 11) is 0. The molecule has 0 aromatic heterocycles. The number of rotatable bonds is 51. The third-order valence-corrected chi connectivity index (χ3v) is 14.6. The van der Waals surface area contributed by atoms with Gasteiger partial charge in [-0.25, -0.2) is 0 Å². The smallest absolute Gasteiger partial charge is 0.307 e. The van der Waals surface area contributed by atoms with Gasteiger partial charge in [0.2, 0.25) is 0 Å². The van der Waals surface area contributed by atoms with Crippen LogP contribution in [0, 0.1) is 0 Å². The molecule has 0 bridgehead atoms. The van der Waals surface area contributed by atoms with Gasteiger partial charge in [0.25, 0.3) is 0 Å². The molecule has 0 aliphatic rings.